The monoisotopic (exact) mass is 154 g/mol. The lowest BCUT2D eigenvalue weighted by Crippen LogP contribution is -2.33. The van der Waals surface area contributed by atoms with E-state index in [1.54, 1.807) is 0 Å². The van der Waals surface area contributed by atoms with Gasteiger partial charge in [-0.15, -0.1) is 0 Å². The molecule has 0 saturated heterocycles. The summed E-state index contributed by atoms with van der Waals surface area (Å²) in [5.74, 6) is 0. The van der Waals surface area contributed by atoms with E-state index < -0.39 is 0 Å². The third-order valence-electron chi connectivity index (χ3n) is 1.82. The number of hydrogen-bond donors (Lipinski definition) is 0. The first-order valence-electron chi connectivity index (χ1n) is 4.19. The fourth-order valence-electron chi connectivity index (χ4n) is 1.04. The maximum atomic E-state index is 8.76. The molecule has 64 valence electrons. The number of rotatable bonds is 4. The van der Waals surface area contributed by atoms with Crippen molar-refractivity contribution in [1.82, 2.24) is 4.90 Å². The molecule has 0 bridgehead atoms. The zero-order valence-electron chi connectivity index (χ0n) is 8.02. The second-order valence-corrected chi connectivity index (χ2v) is 3.46. The van der Waals surface area contributed by atoms with Crippen LogP contribution < -0.4 is 0 Å². The third kappa shape index (κ3) is 4.00. The summed E-state index contributed by atoms with van der Waals surface area (Å²) >= 11 is 0. The minimum atomic E-state index is -0.202. The van der Waals surface area contributed by atoms with Gasteiger partial charge in [0.1, 0.15) is 0 Å². The average molecular weight is 154 g/mol. The molecule has 0 aromatic heterocycles. The van der Waals surface area contributed by atoms with Crippen LogP contribution in [-0.4, -0.2) is 24.5 Å². The molecule has 0 aromatic rings. The topological polar surface area (TPSA) is 27.0 Å². The fraction of sp³-hybridized carbons (Fsp3) is 0.889. The molecule has 0 atom stereocenters. The van der Waals surface area contributed by atoms with Gasteiger partial charge in [0.2, 0.25) is 0 Å². The Balaban J connectivity index is 3.92. The molecule has 2 nitrogen and oxygen atoms in total. The summed E-state index contributed by atoms with van der Waals surface area (Å²) < 4.78 is 0. The molecule has 0 fully saturated rings. The van der Waals surface area contributed by atoms with Gasteiger partial charge in [0, 0.05) is 6.54 Å². The highest BCUT2D eigenvalue weighted by molar-refractivity contribution is 4.93. The van der Waals surface area contributed by atoms with Crippen LogP contribution in [0.5, 0.6) is 0 Å². The Labute approximate surface area is 69.8 Å². The van der Waals surface area contributed by atoms with E-state index in [4.69, 9.17) is 5.26 Å². The minimum absolute atomic E-state index is 0.202. The highest BCUT2D eigenvalue weighted by atomic mass is 15.1. The van der Waals surface area contributed by atoms with Gasteiger partial charge in [-0.2, -0.15) is 5.26 Å². The van der Waals surface area contributed by atoms with Crippen molar-refractivity contribution >= 4 is 0 Å². The predicted molar refractivity (Wildman–Crippen MR) is 47.2 cm³/mol. The van der Waals surface area contributed by atoms with E-state index in [1.165, 1.54) is 0 Å². The molecule has 0 aliphatic carbocycles. The largest absolute Gasteiger partial charge is 0.302 e. The SMILES string of the molecule is CCN(CC)CC(C)(C)C#N. The summed E-state index contributed by atoms with van der Waals surface area (Å²) in [4.78, 5) is 2.27. The zero-order chi connectivity index (χ0) is 8.91. The van der Waals surface area contributed by atoms with Crippen molar-refractivity contribution in [1.29, 1.82) is 5.26 Å². The number of hydrogen-bond acceptors (Lipinski definition) is 2. The Morgan fingerprint density at radius 2 is 1.73 bits per heavy atom. The minimum Gasteiger partial charge on any atom is -0.302 e. The maximum absolute atomic E-state index is 8.76. The predicted octanol–water partition coefficient (Wildman–Crippen LogP) is 1.88. The van der Waals surface area contributed by atoms with E-state index in [-0.39, 0.29) is 5.41 Å². The molecule has 0 heterocycles. The molecule has 0 radical (unpaired) electrons. The Kier molecular flexibility index (Phi) is 4.14. The van der Waals surface area contributed by atoms with Crippen LogP contribution in [0.2, 0.25) is 0 Å². The first-order valence-corrected chi connectivity index (χ1v) is 4.19. The van der Waals surface area contributed by atoms with Gasteiger partial charge < -0.3 is 4.90 Å². The standard InChI is InChI=1S/C9H18N2/c1-5-11(6-2)8-9(3,4)7-10/h5-6,8H2,1-4H3. The summed E-state index contributed by atoms with van der Waals surface area (Å²) in [6, 6.07) is 2.30. The summed E-state index contributed by atoms with van der Waals surface area (Å²) in [6.45, 7) is 11.1. The van der Waals surface area contributed by atoms with Crippen molar-refractivity contribution in [3.8, 4) is 6.07 Å². The van der Waals surface area contributed by atoms with Crippen molar-refractivity contribution in [2.24, 2.45) is 5.41 Å². The molecule has 0 saturated carbocycles. The van der Waals surface area contributed by atoms with Crippen molar-refractivity contribution < 1.29 is 0 Å². The molecule has 0 aromatic carbocycles. The lowest BCUT2D eigenvalue weighted by molar-refractivity contribution is 0.233. The van der Waals surface area contributed by atoms with Gasteiger partial charge in [0.25, 0.3) is 0 Å². The van der Waals surface area contributed by atoms with Crippen LogP contribution in [0.15, 0.2) is 0 Å². The van der Waals surface area contributed by atoms with Crippen molar-refractivity contribution in [3.63, 3.8) is 0 Å². The Bertz CT molecular complexity index is 140. The normalized spacial score (nSPS) is 11.6. The number of nitrogens with zero attached hydrogens (tertiary/aromatic N) is 2. The molecule has 0 aliphatic heterocycles. The first kappa shape index (κ1) is 10.4. The van der Waals surface area contributed by atoms with Crippen LogP contribution in [0.3, 0.4) is 0 Å². The van der Waals surface area contributed by atoms with E-state index in [2.05, 4.69) is 24.8 Å². The summed E-state index contributed by atoms with van der Waals surface area (Å²) in [5, 5.41) is 8.76. The molecule has 0 unspecified atom stereocenters. The van der Waals surface area contributed by atoms with E-state index in [0.29, 0.717) is 0 Å². The first-order chi connectivity index (χ1) is 5.05. The molecule has 0 N–H and O–H groups in total. The molecule has 0 rings (SSSR count). The van der Waals surface area contributed by atoms with Gasteiger partial charge >= 0.3 is 0 Å². The summed E-state index contributed by atoms with van der Waals surface area (Å²) in [5.41, 5.74) is -0.202. The molecule has 0 spiro atoms. The van der Waals surface area contributed by atoms with Gasteiger partial charge in [-0.25, -0.2) is 0 Å². The highest BCUT2D eigenvalue weighted by Crippen LogP contribution is 2.14. The van der Waals surface area contributed by atoms with E-state index in [9.17, 15) is 0 Å². The highest BCUT2D eigenvalue weighted by Gasteiger charge is 2.18. The van der Waals surface area contributed by atoms with Crippen molar-refractivity contribution in [3.05, 3.63) is 0 Å². The Hall–Kier alpha value is -0.550. The van der Waals surface area contributed by atoms with Gasteiger partial charge in [-0.1, -0.05) is 13.8 Å². The van der Waals surface area contributed by atoms with Gasteiger partial charge in [0.15, 0.2) is 0 Å². The average Bonchev–Trinajstić information content (AvgIpc) is 2.00. The lowest BCUT2D eigenvalue weighted by atomic mass is 9.95. The molecule has 0 amide bonds. The summed E-state index contributed by atoms with van der Waals surface area (Å²) in [7, 11) is 0. The van der Waals surface area contributed by atoms with Crippen LogP contribution in [0.4, 0.5) is 0 Å². The van der Waals surface area contributed by atoms with E-state index >= 15 is 0 Å². The van der Waals surface area contributed by atoms with Crippen LogP contribution >= 0.6 is 0 Å². The van der Waals surface area contributed by atoms with Gasteiger partial charge in [-0.05, 0) is 26.9 Å². The Morgan fingerprint density at radius 3 is 2.00 bits per heavy atom. The molecule has 11 heavy (non-hydrogen) atoms. The van der Waals surface area contributed by atoms with Crippen molar-refractivity contribution in [2.75, 3.05) is 19.6 Å². The molecule has 0 aliphatic rings. The van der Waals surface area contributed by atoms with Crippen LogP contribution in [0, 0.1) is 16.7 Å². The van der Waals surface area contributed by atoms with Crippen LogP contribution in [0.25, 0.3) is 0 Å². The quantitative estimate of drug-likeness (QED) is 0.618. The van der Waals surface area contributed by atoms with Gasteiger partial charge in [0.05, 0.1) is 11.5 Å². The zero-order valence-corrected chi connectivity index (χ0v) is 8.02. The van der Waals surface area contributed by atoms with E-state index in [0.717, 1.165) is 19.6 Å². The van der Waals surface area contributed by atoms with Gasteiger partial charge in [-0.3, -0.25) is 0 Å². The second kappa shape index (κ2) is 4.35. The third-order valence-corrected chi connectivity index (χ3v) is 1.82. The van der Waals surface area contributed by atoms with Crippen molar-refractivity contribution in [2.45, 2.75) is 27.7 Å². The summed E-state index contributed by atoms with van der Waals surface area (Å²) in [6.07, 6.45) is 0. The smallest absolute Gasteiger partial charge is 0.0697 e. The molecule has 2 heteroatoms. The second-order valence-electron chi connectivity index (χ2n) is 3.46. The maximum Gasteiger partial charge on any atom is 0.0697 e. The lowest BCUT2D eigenvalue weighted by Gasteiger charge is -2.25. The molecular weight excluding hydrogens is 136 g/mol. The molecular formula is C9H18N2. The van der Waals surface area contributed by atoms with Crippen LogP contribution in [0.1, 0.15) is 27.7 Å². The van der Waals surface area contributed by atoms with Crippen LogP contribution in [-0.2, 0) is 0 Å². The number of nitriles is 1. The fourth-order valence-corrected chi connectivity index (χ4v) is 1.04. The van der Waals surface area contributed by atoms with E-state index in [1.807, 2.05) is 13.8 Å². The Morgan fingerprint density at radius 1 is 1.27 bits per heavy atom.